The van der Waals surface area contributed by atoms with Gasteiger partial charge in [-0.2, -0.15) is 0 Å². The van der Waals surface area contributed by atoms with E-state index in [0.29, 0.717) is 16.5 Å². The smallest absolute Gasteiger partial charge is 0.261 e. The quantitative estimate of drug-likeness (QED) is 0.574. The highest BCUT2D eigenvalue weighted by molar-refractivity contribution is 9.11. The molecule has 0 bridgehead atoms. The summed E-state index contributed by atoms with van der Waals surface area (Å²) in [4.78, 5) is 29.6. The third-order valence-corrected chi connectivity index (χ3v) is 4.72. The molecular weight excluding hydrogens is 424 g/mol. The molecule has 0 radical (unpaired) electrons. The fourth-order valence-corrected chi connectivity index (χ4v) is 3.75. The number of Topliss-reactive ketones (excluding diaryl/α,β-unsaturated/α-hetero) is 1. The van der Waals surface area contributed by atoms with Crippen LogP contribution in [0.15, 0.2) is 62.5 Å². The molecule has 2 aromatic carbocycles. The van der Waals surface area contributed by atoms with Gasteiger partial charge in [-0.15, -0.1) is 0 Å². The van der Waals surface area contributed by atoms with Gasteiger partial charge in [0.1, 0.15) is 0 Å². The van der Waals surface area contributed by atoms with Gasteiger partial charge in [-0.05, 0) is 35.0 Å². The third-order valence-electron chi connectivity index (χ3n) is 3.66. The summed E-state index contributed by atoms with van der Waals surface area (Å²) < 4.78 is 2.88. The zero-order chi connectivity index (χ0) is 16.6. The van der Waals surface area contributed by atoms with Gasteiger partial charge < -0.3 is 0 Å². The van der Waals surface area contributed by atoms with E-state index in [-0.39, 0.29) is 11.3 Å². The first-order chi connectivity index (χ1) is 11.0. The molecule has 3 aromatic rings. The normalized spacial score (nSPS) is 12.3. The third kappa shape index (κ3) is 3.01. The Morgan fingerprint density at radius 2 is 1.87 bits per heavy atom. The second-order valence-electron chi connectivity index (χ2n) is 5.15. The minimum absolute atomic E-state index is 0.122. The molecule has 0 amide bonds. The highest BCUT2D eigenvalue weighted by Crippen LogP contribution is 2.25. The van der Waals surface area contributed by atoms with E-state index >= 15 is 0 Å². The molecule has 0 saturated carbocycles. The Labute approximate surface area is 149 Å². The number of nitrogens with zero attached hydrogens (tertiary/aromatic N) is 2. The lowest BCUT2D eigenvalue weighted by Crippen LogP contribution is -2.28. The largest absolute Gasteiger partial charge is 0.292 e. The first kappa shape index (κ1) is 16.1. The molecule has 0 spiro atoms. The van der Waals surface area contributed by atoms with Crippen molar-refractivity contribution in [2.45, 2.75) is 13.0 Å². The van der Waals surface area contributed by atoms with Gasteiger partial charge in [0.2, 0.25) is 0 Å². The molecule has 23 heavy (non-hydrogen) atoms. The zero-order valence-electron chi connectivity index (χ0n) is 12.2. The van der Waals surface area contributed by atoms with Crippen LogP contribution in [0.3, 0.4) is 0 Å². The highest BCUT2D eigenvalue weighted by atomic mass is 79.9. The molecule has 1 heterocycles. The Bertz CT molecular complexity index is 952. The Morgan fingerprint density at radius 3 is 2.57 bits per heavy atom. The van der Waals surface area contributed by atoms with E-state index in [1.54, 1.807) is 37.3 Å². The Hall–Kier alpha value is -1.79. The average Bonchev–Trinajstić information content (AvgIpc) is 2.55. The lowest BCUT2D eigenvalue weighted by Gasteiger charge is -2.14. The summed E-state index contributed by atoms with van der Waals surface area (Å²) in [6, 6.07) is 11.9. The number of carbonyl (C=O) groups excluding carboxylic acids is 1. The number of aromatic nitrogens is 2. The van der Waals surface area contributed by atoms with Crippen LogP contribution in [0.5, 0.6) is 0 Å². The first-order valence-electron chi connectivity index (χ1n) is 6.94. The van der Waals surface area contributed by atoms with Gasteiger partial charge in [0.15, 0.2) is 5.78 Å². The topological polar surface area (TPSA) is 52.0 Å². The minimum atomic E-state index is -0.625. The van der Waals surface area contributed by atoms with Gasteiger partial charge in [-0.3, -0.25) is 14.2 Å². The number of fused-ring (bicyclic) bond motifs is 1. The molecule has 3 rings (SSSR count). The van der Waals surface area contributed by atoms with Crippen LogP contribution < -0.4 is 5.56 Å². The fraction of sp³-hybridized carbons (Fsp3) is 0.118. The number of benzene rings is 2. The maximum atomic E-state index is 12.7. The van der Waals surface area contributed by atoms with Gasteiger partial charge >= 0.3 is 0 Å². The lowest BCUT2D eigenvalue weighted by atomic mass is 10.1. The van der Waals surface area contributed by atoms with Gasteiger partial charge in [-0.1, -0.05) is 46.3 Å². The maximum Gasteiger partial charge on any atom is 0.261 e. The Balaban J connectivity index is 2.12. The molecule has 0 aliphatic heterocycles. The predicted molar refractivity (Wildman–Crippen MR) is 96.9 cm³/mol. The van der Waals surface area contributed by atoms with Crippen molar-refractivity contribution in [2.75, 3.05) is 0 Å². The molecule has 1 atom stereocenters. The van der Waals surface area contributed by atoms with Crippen LogP contribution in [0, 0.1) is 0 Å². The fourth-order valence-electron chi connectivity index (χ4n) is 2.42. The van der Waals surface area contributed by atoms with E-state index in [4.69, 9.17) is 0 Å². The predicted octanol–water partition coefficient (Wildman–Crippen LogP) is 4.37. The van der Waals surface area contributed by atoms with Crippen molar-refractivity contribution in [3.05, 3.63) is 73.7 Å². The summed E-state index contributed by atoms with van der Waals surface area (Å²) in [5.74, 6) is -0.122. The van der Waals surface area contributed by atoms with E-state index < -0.39 is 6.04 Å². The molecular formula is C17H12Br2N2O2. The number of carbonyl (C=O) groups is 1. The number of hydrogen-bond acceptors (Lipinski definition) is 3. The van der Waals surface area contributed by atoms with Crippen molar-refractivity contribution in [1.29, 1.82) is 0 Å². The van der Waals surface area contributed by atoms with E-state index in [1.807, 2.05) is 12.1 Å². The molecule has 0 saturated heterocycles. The molecule has 1 aromatic heterocycles. The van der Waals surface area contributed by atoms with E-state index in [9.17, 15) is 9.59 Å². The van der Waals surface area contributed by atoms with Crippen LogP contribution >= 0.6 is 31.9 Å². The molecule has 0 unspecified atom stereocenters. The summed E-state index contributed by atoms with van der Waals surface area (Å²) in [5.41, 5.74) is 0.907. The van der Waals surface area contributed by atoms with Crippen LogP contribution in [0.25, 0.3) is 10.9 Å². The number of ketones is 1. The maximum absolute atomic E-state index is 12.7. The van der Waals surface area contributed by atoms with E-state index in [2.05, 4.69) is 36.8 Å². The van der Waals surface area contributed by atoms with Crippen LogP contribution in [0.1, 0.15) is 23.3 Å². The molecule has 0 aliphatic rings. The summed E-state index contributed by atoms with van der Waals surface area (Å²) in [5, 5.41) is 0.460. The minimum Gasteiger partial charge on any atom is -0.292 e. The molecule has 4 nitrogen and oxygen atoms in total. The Morgan fingerprint density at radius 1 is 1.17 bits per heavy atom. The van der Waals surface area contributed by atoms with Crippen molar-refractivity contribution >= 4 is 48.5 Å². The zero-order valence-corrected chi connectivity index (χ0v) is 15.3. The summed E-state index contributed by atoms with van der Waals surface area (Å²) in [7, 11) is 0. The Kier molecular flexibility index (Phi) is 4.46. The summed E-state index contributed by atoms with van der Waals surface area (Å²) >= 11 is 6.77. The standard InChI is InChI=1S/C17H12Br2N2O2/c1-10(16(22)11-5-3-2-4-6-11)21-9-20-15-13(17(21)23)7-12(18)8-14(15)19/h2-10H,1H3/t10-/m1/s1. The molecule has 0 N–H and O–H groups in total. The van der Waals surface area contributed by atoms with Gasteiger partial charge in [0.25, 0.3) is 5.56 Å². The average molecular weight is 436 g/mol. The van der Waals surface area contributed by atoms with E-state index in [0.717, 1.165) is 8.95 Å². The number of halogens is 2. The van der Waals surface area contributed by atoms with Crippen LogP contribution in [0.4, 0.5) is 0 Å². The van der Waals surface area contributed by atoms with Crippen molar-refractivity contribution in [3.63, 3.8) is 0 Å². The first-order valence-corrected chi connectivity index (χ1v) is 8.53. The molecule has 6 heteroatoms. The summed E-state index contributed by atoms with van der Waals surface area (Å²) in [6.45, 7) is 1.71. The second-order valence-corrected chi connectivity index (χ2v) is 6.92. The van der Waals surface area contributed by atoms with Crippen molar-refractivity contribution in [1.82, 2.24) is 9.55 Å². The second kappa shape index (κ2) is 6.37. The van der Waals surface area contributed by atoms with Crippen molar-refractivity contribution in [2.24, 2.45) is 0 Å². The van der Waals surface area contributed by atoms with Crippen LogP contribution in [-0.4, -0.2) is 15.3 Å². The van der Waals surface area contributed by atoms with Gasteiger partial charge in [0.05, 0.1) is 23.3 Å². The highest BCUT2D eigenvalue weighted by Gasteiger charge is 2.19. The SMILES string of the molecule is C[C@H](C(=O)c1ccccc1)n1cnc2c(Br)cc(Br)cc2c1=O. The number of hydrogen-bond donors (Lipinski definition) is 0. The molecule has 116 valence electrons. The molecule has 0 aliphatic carbocycles. The van der Waals surface area contributed by atoms with Gasteiger partial charge in [-0.25, -0.2) is 4.98 Å². The van der Waals surface area contributed by atoms with Crippen LogP contribution in [-0.2, 0) is 0 Å². The van der Waals surface area contributed by atoms with Crippen molar-refractivity contribution < 1.29 is 4.79 Å². The molecule has 0 fully saturated rings. The lowest BCUT2D eigenvalue weighted by molar-refractivity contribution is 0.0932. The summed E-state index contributed by atoms with van der Waals surface area (Å²) in [6.07, 6.45) is 1.43. The van der Waals surface area contributed by atoms with Crippen LogP contribution in [0.2, 0.25) is 0 Å². The van der Waals surface area contributed by atoms with Gasteiger partial charge in [0, 0.05) is 14.5 Å². The monoisotopic (exact) mass is 434 g/mol. The number of rotatable bonds is 3. The van der Waals surface area contributed by atoms with E-state index in [1.165, 1.54) is 10.9 Å². The van der Waals surface area contributed by atoms with Crippen molar-refractivity contribution in [3.8, 4) is 0 Å².